The molecule has 0 atom stereocenters. The highest BCUT2D eigenvalue weighted by Crippen LogP contribution is 2.27. The first-order valence-corrected chi connectivity index (χ1v) is 11.4. The average molecular weight is 439 g/mol. The lowest BCUT2D eigenvalue weighted by Crippen LogP contribution is -2.25. The second-order valence-corrected chi connectivity index (χ2v) is 8.34. The van der Waals surface area contributed by atoms with Crippen LogP contribution < -0.4 is 5.32 Å². The van der Waals surface area contributed by atoms with Gasteiger partial charge in [0.05, 0.1) is 6.54 Å². The maximum absolute atomic E-state index is 12.7. The summed E-state index contributed by atoms with van der Waals surface area (Å²) >= 11 is 0. The van der Waals surface area contributed by atoms with Crippen LogP contribution in [0, 0.1) is 0 Å². The van der Waals surface area contributed by atoms with Crippen molar-refractivity contribution < 1.29 is 9.21 Å². The van der Waals surface area contributed by atoms with Crippen molar-refractivity contribution in [1.29, 1.82) is 0 Å². The summed E-state index contributed by atoms with van der Waals surface area (Å²) < 4.78 is 5.83. The molecule has 33 heavy (non-hydrogen) atoms. The molecule has 0 radical (unpaired) electrons. The number of amides is 1. The highest BCUT2D eigenvalue weighted by Gasteiger charge is 2.16. The first-order valence-electron chi connectivity index (χ1n) is 11.4. The van der Waals surface area contributed by atoms with Gasteiger partial charge in [-0.1, -0.05) is 91.0 Å². The molecule has 3 aromatic carbocycles. The van der Waals surface area contributed by atoms with Crippen LogP contribution in [0.1, 0.15) is 45.3 Å². The van der Waals surface area contributed by atoms with Crippen molar-refractivity contribution in [3.8, 4) is 0 Å². The molecule has 1 N–H and O–H groups in total. The second-order valence-electron chi connectivity index (χ2n) is 8.34. The second kappa shape index (κ2) is 11.3. The molecule has 4 nitrogen and oxygen atoms in total. The van der Waals surface area contributed by atoms with Gasteiger partial charge in [-0.3, -0.25) is 9.69 Å². The van der Waals surface area contributed by atoms with Gasteiger partial charge in [0.25, 0.3) is 5.91 Å². The zero-order valence-electron chi connectivity index (χ0n) is 19.0. The number of hydrogen-bond acceptors (Lipinski definition) is 3. The van der Waals surface area contributed by atoms with E-state index in [9.17, 15) is 4.79 Å². The molecule has 0 saturated heterocycles. The van der Waals surface area contributed by atoms with E-state index in [0.29, 0.717) is 18.8 Å². The van der Waals surface area contributed by atoms with Crippen LogP contribution in [0.15, 0.2) is 108 Å². The number of nitrogens with zero attached hydrogens (tertiary/aromatic N) is 1. The van der Waals surface area contributed by atoms with Gasteiger partial charge in [-0.05, 0) is 42.3 Å². The Morgan fingerprint density at radius 1 is 0.788 bits per heavy atom. The number of benzene rings is 3. The van der Waals surface area contributed by atoms with E-state index in [-0.39, 0.29) is 11.8 Å². The Labute approximate surface area is 195 Å². The summed E-state index contributed by atoms with van der Waals surface area (Å²) in [6, 6.07) is 34.8. The number of hydrogen-bond donors (Lipinski definition) is 1. The van der Waals surface area contributed by atoms with Crippen LogP contribution in [0.25, 0.3) is 0 Å². The smallest absolute Gasteiger partial charge is 0.286 e. The minimum Gasteiger partial charge on any atom is -0.455 e. The molecule has 4 rings (SSSR count). The zero-order chi connectivity index (χ0) is 22.9. The quantitative estimate of drug-likeness (QED) is 0.337. The summed E-state index contributed by atoms with van der Waals surface area (Å²) in [5.41, 5.74) is 3.75. The topological polar surface area (TPSA) is 45.5 Å². The fourth-order valence-corrected chi connectivity index (χ4v) is 4.12. The molecule has 0 spiro atoms. The summed E-state index contributed by atoms with van der Waals surface area (Å²) in [5.74, 6) is 1.19. The van der Waals surface area contributed by atoms with Crippen LogP contribution in [-0.2, 0) is 13.1 Å². The number of carbonyl (C=O) groups excluding carboxylic acids is 1. The van der Waals surface area contributed by atoms with Crippen molar-refractivity contribution in [2.75, 3.05) is 13.6 Å². The summed E-state index contributed by atoms with van der Waals surface area (Å²) in [5, 5.41) is 3.03. The Bertz CT molecular complexity index is 1080. The van der Waals surface area contributed by atoms with Gasteiger partial charge in [0.1, 0.15) is 5.76 Å². The molecule has 0 saturated carbocycles. The van der Waals surface area contributed by atoms with Crippen LogP contribution in [-0.4, -0.2) is 24.4 Å². The van der Waals surface area contributed by atoms with Crippen LogP contribution in [0.4, 0.5) is 0 Å². The van der Waals surface area contributed by atoms with Crippen molar-refractivity contribution in [1.82, 2.24) is 10.2 Å². The molecule has 4 heteroatoms. The third-order valence-electron chi connectivity index (χ3n) is 5.73. The summed E-state index contributed by atoms with van der Waals surface area (Å²) in [4.78, 5) is 14.8. The van der Waals surface area contributed by atoms with Crippen molar-refractivity contribution in [3.63, 3.8) is 0 Å². The molecule has 0 aliphatic carbocycles. The Morgan fingerprint density at radius 3 is 1.97 bits per heavy atom. The first kappa shape index (κ1) is 22.6. The van der Waals surface area contributed by atoms with Gasteiger partial charge in [-0.2, -0.15) is 0 Å². The van der Waals surface area contributed by atoms with Gasteiger partial charge in [0, 0.05) is 19.0 Å². The monoisotopic (exact) mass is 438 g/mol. The van der Waals surface area contributed by atoms with Gasteiger partial charge in [0.15, 0.2) is 5.76 Å². The van der Waals surface area contributed by atoms with Gasteiger partial charge in [0.2, 0.25) is 0 Å². The third kappa shape index (κ3) is 6.43. The maximum atomic E-state index is 12.7. The molecular formula is C29H30N2O2. The van der Waals surface area contributed by atoms with Gasteiger partial charge in [-0.25, -0.2) is 0 Å². The van der Waals surface area contributed by atoms with E-state index < -0.39 is 0 Å². The summed E-state index contributed by atoms with van der Waals surface area (Å²) in [7, 11) is 2.04. The highest BCUT2D eigenvalue weighted by atomic mass is 16.4. The van der Waals surface area contributed by atoms with Crippen LogP contribution >= 0.6 is 0 Å². The lowest BCUT2D eigenvalue weighted by molar-refractivity contribution is 0.0921. The molecule has 0 aliphatic heterocycles. The number of nitrogens with one attached hydrogen (secondary N) is 1. The molecule has 0 fully saturated rings. The van der Waals surface area contributed by atoms with Crippen LogP contribution in [0.3, 0.4) is 0 Å². The predicted octanol–water partition coefficient (Wildman–Crippen LogP) is 5.86. The number of furan rings is 1. The lowest BCUT2D eigenvalue weighted by atomic mass is 9.88. The molecule has 0 bridgehead atoms. The van der Waals surface area contributed by atoms with E-state index in [0.717, 1.165) is 18.7 Å². The van der Waals surface area contributed by atoms with Crippen LogP contribution in [0.2, 0.25) is 0 Å². The van der Waals surface area contributed by atoms with E-state index >= 15 is 0 Å². The largest absolute Gasteiger partial charge is 0.455 e. The predicted molar refractivity (Wildman–Crippen MR) is 132 cm³/mol. The normalized spacial score (nSPS) is 11.1. The van der Waals surface area contributed by atoms with Gasteiger partial charge < -0.3 is 9.73 Å². The lowest BCUT2D eigenvalue weighted by Gasteiger charge is -2.18. The molecule has 1 aromatic heterocycles. The number of rotatable bonds is 10. The molecule has 0 unspecified atom stereocenters. The van der Waals surface area contributed by atoms with Gasteiger partial charge >= 0.3 is 0 Å². The van der Waals surface area contributed by atoms with Crippen molar-refractivity contribution in [3.05, 3.63) is 131 Å². The standard InChI is InChI=1S/C29H30N2O2/c1-31(21-23-11-5-2-6-12-23)22-26-17-18-28(33-26)29(32)30-20-19-27(24-13-7-3-8-14-24)25-15-9-4-10-16-25/h2-18,27H,19-22H2,1H3,(H,30,32). The average Bonchev–Trinajstić information content (AvgIpc) is 3.32. The van der Waals surface area contributed by atoms with Crippen molar-refractivity contribution in [2.24, 2.45) is 0 Å². The van der Waals surface area contributed by atoms with E-state index in [4.69, 9.17) is 4.42 Å². The van der Waals surface area contributed by atoms with Crippen molar-refractivity contribution >= 4 is 5.91 Å². The van der Waals surface area contributed by atoms with E-state index in [2.05, 4.69) is 70.9 Å². The minimum atomic E-state index is -0.174. The molecule has 4 aromatic rings. The van der Waals surface area contributed by atoms with Crippen molar-refractivity contribution in [2.45, 2.75) is 25.4 Å². The van der Waals surface area contributed by atoms with Gasteiger partial charge in [-0.15, -0.1) is 0 Å². The highest BCUT2D eigenvalue weighted by molar-refractivity contribution is 5.91. The summed E-state index contributed by atoms with van der Waals surface area (Å²) in [6.07, 6.45) is 0.813. The molecule has 168 valence electrons. The minimum absolute atomic E-state index is 0.174. The molecule has 1 heterocycles. The Morgan fingerprint density at radius 2 is 1.36 bits per heavy atom. The molecular weight excluding hydrogens is 408 g/mol. The Hall–Kier alpha value is -3.63. The Kier molecular flexibility index (Phi) is 7.72. The van der Waals surface area contributed by atoms with E-state index in [1.807, 2.05) is 43.4 Å². The number of carbonyl (C=O) groups is 1. The zero-order valence-corrected chi connectivity index (χ0v) is 19.0. The maximum Gasteiger partial charge on any atom is 0.286 e. The van der Waals surface area contributed by atoms with E-state index in [1.54, 1.807) is 6.07 Å². The molecule has 0 aliphatic rings. The fraction of sp³-hybridized carbons (Fsp3) is 0.207. The first-order chi connectivity index (χ1) is 16.2. The fourth-order valence-electron chi connectivity index (χ4n) is 4.12. The molecule has 1 amide bonds. The summed E-state index contributed by atoms with van der Waals surface area (Å²) in [6.45, 7) is 2.03. The van der Waals surface area contributed by atoms with Crippen LogP contribution in [0.5, 0.6) is 0 Å². The van der Waals surface area contributed by atoms with E-state index in [1.165, 1.54) is 16.7 Å². The third-order valence-corrected chi connectivity index (χ3v) is 5.73. The SMILES string of the molecule is CN(Cc1ccccc1)Cc1ccc(C(=O)NCCC(c2ccccc2)c2ccccc2)o1. The Balaban J connectivity index is 1.31.